The van der Waals surface area contributed by atoms with Crippen LogP contribution in [0.3, 0.4) is 0 Å². The van der Waals surface area contributed by atoms with Crippen LogP contribution < -0.4 is 0 Å². The molecule has 0 unspecified atom stereocenters. The number of hydrogen-bond acceptors (Lipinski definition) is 2. The van der Waals surface area contributed by atoms with Crippen LogP contribution >= 0.6 is 0 Å². The Labute approximate surface area is 121 Å². The zero-order valence-corrected chi connectivity index (χ0v) is 12.1. The molecule has 0 atom stereocenters. The topological polar surface area (TPSA) is 54.4 Å². The third-order valence-corrected chi connectivity index (χ3v) is 5.11. The lowest BCUT2D eigenvalue weighted by molar-refractivity contribution is 0.485. The van der Waals surface area contributed by atoms with Crippen LogP contribution in [0.15, 0.2) is 53.4 Å². The minimum atomic E-state index is -4.29. The molecule has 0 bridgehead atoms. The zero-order chi connectivity index (χ0) is 14.8. The summed E-state index contributed by atoms with van der Waals surface area (Å²) in [5, 5.41) is 5.03. The third-order valence-electron chi connectivity index (χ3n) is 4.16. The van der Waals surface area contributed by atoms with Gasteiger partial charge >= 0.3 is 0 Å². The molecule has 0 aliphatic heterocycles. The average Bonchev–Trinajstić information content (AvgIpc) is 2.68. The van der Waals surface area contributed by atoms with Crippen LogP contribution in [-0.2, 0) is 10.1 Å². The van der Waals surface area contributed by atoms with Crippen molar-refractivity contribution in [2.45, 2.75) is 11.8 Å². The number of aryl methyl sites for hydroxylation is 1. The first-order valence-electron chi connectivity index (χ1n) is 6.62. The van der Waals surface area contributed by atoms with Crippen molar-refractivity contribution >= 4 is 42.4 Å². The Bertz CT molecular complexity index is 1040. The maximum absolute atomic E-state index is 11.9. The number of rotatable bonds is 1. The Hall–Kier alpha value is -2.17. The lowest BCUT2D eigenvalue weighted by Crippen LogP contribution is -1.96. The summed E-state index contributed by atoms with van der Waals surface area (Å²) in [5.74, 6) is 0. The molecule has 0 aliphatic carbocycles. The highest BCUT2D eigenvalue weighted by atomic mass is 32.2. The van der Waals surface area contributed by atoms with Crippen molar-refractivity contribution < 1.29 is 13.0 Å². The molecular formula is C17H12O3S. The standard InChI is InChI=1S/C17H12O3S/c1-10-11-6-2-4-8-13-15(11)16-12(10)7-3-5-9-14(16)17(13)21(18,19)20/h2-9H,1H3,(H,18,19,20). The largest absolute Gasteiger partial charge is 0.295 e. The van der Waals surface area contributed by atoms with Gasteiger partial charge in [-0.25, -0.2) is 0 Å². The predicted octanol–water partition coefficient (Wildman–Crippen LogP) is 4.14. The fourth-order valence-electron chi connectivity index (χ4n) is 3.34. The van der Waals surface area contributed by atoms with Crippen LogP contribution in [0, 0.1) is 6.92 Å². The van der Waals surface area contributed by atoms with Gasteiger partial charge < -0.3 is 0 Å². The van der Waals surface area contributed by atoms with Crippen LogP contribution in [0.1, 0.15) is 5.56 Å². The van der Waals surface area contributed by atoms with Gasteiger partial charge in [0.1, 0.15) is 4.90 Å². The monoisotopic (exact) mass is 296 g/mol. The fourth-order valence-corrected chi connectivity index (χ4v) is 4.24. The van der Waals surface area contributed by atoms with Gasteiger partial charge in [-0.1, -0.05) is 48.5 Å². The van der Waals surface area contributed by atoms with Crippen molar-refractivity contribution in [2.24, 2.45) is 0 Å². The third kappa shape index (κ3) is 1.54. The molecule has 4 aromatic rings. The fraction of sp³-hybridized carbons (Fsp3) is 0.0588. The van der Waals surface area contributed by atoms with E-state index < -0.39 is 10.1 Å². The molecule has 4 heteroatoms. The van der Waals surface area contributed by atoms with E-state index in [0.29, 0.717) is 10.8 Å². The van der Waals surface area contributed by atoms with Gasteiger partial charge in [-0.3, -0.25) is 4.55 Å². The summed E-state index contributed by atoms with van der Waals surface area (Å²) < 4.78 is 33.5. The molecule has 4 rings (SSSR count). The van der Waals surface area contributed by atoms with E-state index in [4.69, 9.17) is 0 Å². The van der Waals surface area contributed by atoms with Crippen molar-refractivity contribution in [1.82, 2.24) is 0 Å². The molecule has 0 radical (unpaired) electrons. The van der Waals surface area contributed by atoms with Gasteiger partial charge in [-0.15, -0.1) is 0 Å². The normalized spacial score (nSPS) is 12.7. The molecule has 0 fully saturated rings. The highest BCUT2D eigenvalue weighted by molar-refractivity contribution is 7.86. The highest BCUT2D eigenvalue weighted by Gasteiger charge is 2.25. The summed E-state index contributed by atoms with van der Waals surface area (Å²) >= 11 is 0. The van der Waals surface area contributed by atoms with E-state index in [9.17, 15) is 13.0 Å². The van der Waals surface area contributed by atoms with Crippen molar-refractivity contribution in [1.29, 1.82) is 0 Å². The molecule has 4 aromatic carbocycles. The van der Waals surface area contributed by atoms with E-state index in [1.54, 1.807) is 24.3 Å². The van der Waals surface area contributed by atoms with Crippen LogP contribution in [0.2, 0.25) is 0 Å². The molecule has 21 heavy (non-hydrogen) atoms. The molecule has 0 aliphatic rings. The van der Waals surface area contributed by atoms with Crippen molar-refractivity contribution in [3.05, 3.63) is 54.1 Å². The lowest BCUT2D eigenvalue weighted by atomic mass is 10.2. The quantitative estimate of drug-likeness (QED) is 0.537. The van der Waals surface area contributed by atoms with Gasteiger partial charge in [0.15, 0.2) is 0 Å². The molecule has 1 N–H and O–H groups in total. The minimum Gasteiger partial charge on any atom is -0.282 e. The minimum absolute atomic E-state index is 0.00917. The SMILES string of the molecule is Cc1c2ccccc3c(S(=O)(=O)O)c4ccccc1c4c23. The van der Waals surface area contributed by atoms with E-state index in [0.717, 1.165) is 27.1 Å². The van der Waals surface area contributed by atoms with Crippen LogP contribution in [0.5, 0.6) is 0 Å². The van der Waals surface area contributed by atoms with Crippen molar-refractivity contribution in [3.63, 3.8) is 0 Å². The van der Waals surface area contributed by atoms with Crippen LogP contribution in [-0.4, -0.2) is 13.0 Å². The van der Waals surface area contributed by atoms with Crippen LogP contribution in [0.4, 0.5) is 0 Å². The second kappa shape index (κ2) is 3.93. The molecule has 0 spiro atoms. The van der Waals surface area contributed by atoms with E-state index in [1.807, 2.05) is 31.2 Å². The summed E-state index contributed by atoms with van der Waals surface area (Å²) in [6.07, 6.45) is 0. The Morgan fingerprint density at radius 1 is 0.762 bits per heavy atom. The highest BCUT2D eigenvalue weighted by Crippen LogP contribution is 2.44. The Kier molecular flexibility index (Phi) is 2.35. The second-order valence-corrected chi connectivity index (χ2v) is 6.63. The summed E-state index contributed by atoms with van der Waals surface area (Å²) in [6, 6.07) is 14.9. The summed E-state index contributed by atoms with van der Waals surface area (Å²) in [5.41, 5.74) is 1.13. The van der Waals surface area contributed by atoms with E-state index in [1.165, 1.54) is 0 Å². The summed E-state index contributed by atoms with van der Waals surface area (Å²) in [7, 11) is -4.29. The van der Waals surface area contributed by atoms with Gasteiger partial charge in [0.05, 0.1) is 0 Å². The molecule has 104 valence electrons. The smallest absolute Gasteiger partial charge is 0.282 e. The lowest BCUT2D eigenvalue weighted by Gasteiger charge is -1.96. The summed E-state index contributed by atoms with van der Waals surface area (Å²) in [6.45, 7) is 2.04. The Morgan fingerprint density at radius 3 is 1.52 bits per heavy atom. The molecule has 0 heterocycles. The first-order chi connectivity index (χ1) is 10.00. The van der Waals surface area contributed by atoms with Crippen LogP contribution in [0.25, 0.3) is 32.3 Å². The Balaban J connectivity index is 2.53. The second-order valence-electron chi connectivity index (χ2n) is 5.27. The van der Waals surface area contributed by atoms with Gasteiger partial charge in [0, 0.05) is 10.8 Å². The van der Waals surface area contributed by atoms with Gasteiger partial charge in [0.25, 0.3) is 10.1 Å². The van der Waals surface area contributed by atoms with Crippen molar-refractivity contribution in [3.8, 4) is 0 Å². The molecule has 0 saturated heterocycles. The molecule has 0 saturated carbocycles. The Morgan fingerprint density at radius 2 is 1.14 bits per heavy atom. The number of hydrogen-bond donors (Lipinski definition) is 1. The molecular weight excluding hydrogens is 284 g/mol. The average molecular weight is 296 g/mol. The van der Waals surface area contributed by atoms with Gasteiger partial charge in [-0.05, 0) is 34.0 Å². The van der Waals surface area contributed by atoms with E-state index >= 15 is 0 Å². The molecule has 3 nitrogen and oxygen atoms in total. The van der Waals surface area contributed by atoms with E-state index in [-0.39, 0.29) is 4.90 Å². The maximum atomic E-state index is 11.9. The van der Waals surface area contributed by atoms with Gasteiger partial charge in [0.2, 0.25) is 0 Å². The van der Waals surface area contributed by atoms with E-state index in [2.05, 4.69) is 0 Å². The molecule has 0 amide bonds. The maximum Gasteiger partial charge on any atom is 0.295 e. The van der Waals surface area contributed by atoms with Crippen molar-refractivity contribution in [2.75, 3.05) is 0 Å². The summed E-state index contributed by atoms with van der Waals surface area (Å²) in [4.78, 5) is 0.00917. The molecule has 0 aromatic heterocycles. The predicted molar refractivity (Wildman–Crippen MR) is 84.7 cm³/mol. The van der Waals surface area contributed by atoms with Gasteiger partial charge in [-0.2, -0.15) is 8.42 Å². The first-order valence-corrected chi connectivity index (χ1v) is 8.06. The first kappa shape index (κ1) is 12.6. The zero-order valence-electron chi connectivity index (χ0n) is 11.3.